The minimum absolute atomic E-state index is 0.193. The maximum atomic E-state index is 12.7. The Bertz CT molecular complexity index is 1350. The van der Waals surface area contributed by atoms with Crippen LogP contribution in [-0.4, -0.2) is 21.2 Å². The van der Waals surface area contributed by atoms with Crippen molar-refractivity contribution in [1.82, 2.24) is 9.55 Å². The van der Waals surface area contributed by atoms with E-state index in [1.54, 1.807) is 48.5 Å². The van der Waals surface area contributed by atoms with Gasteiger partial charge in [-0.25, -0.2) is 4.98 Å². The number of anilines is 1. The summed E-state index contributed by atoms with van der Waals surface area (Å²) in [6.45, 7) is -0.193. The number of amides is 1. The lowest BCUT2D eigenvalue weighted by Crippen LogP contribution is -2.24. The van der Waals surface area contributed by atoms with Crippen LogP contribution in [0.3, 0.4) is 0 Å². The predicted molar refractivity (Wildman–Crippen MR) is 121 cm³/mol. The molecular formula is C23H15Cl2N3O3. The Balaban J connectivity index is 1.51. The first kappa shape index (κ1) is 20.8. The van der Waals surface area contributed by atoms with Crippen molar-refractivity contribution in [3.8, 4) is 0 Å². The summed E-state index contributed by atoms with van der Waals surface area (Å²) in [6, 6.07) is 18.2. The van der Waals surface area contributed by atoms with Gasteiger partial charge in [-0.05, 0) is 48.5 Å². The lowest BCUT2D eigenvalue weighted by molar-refractivity contribution is 0.0970. The van der Waals surface area contributed by atoms with E-state index in [0.717, 1.165) is 0 Å². The summed E-state index contributed by atoms with van der Waals surface area (Å²) in [6.07, 6.45) is 1.29. The summed E-state index contributed by atoms with van der Waals surface area (Å²) in [4.78, 5) is 41.8. The number of fused-ring (bicyclic) bond motifs is 1. The highest BCUT2D eigenvalue weighted by Gasteiger charge is 2.13. The Kier molecular flexibility index (Phi) is 5.84. The Morgan fingerprint density at radius 2 is 1.65 bits per heavy atom. The third-order valence-electron chi connectivity index (χ3n) is 4.66. The number of carbonyl (C=O) groups is 2. The van der Waals surface area contributed by atoms with E-state index in [4.69, 9.17) is 23.2 Å². The monoisotopic (exact) mass is 451 g/mol. The summed E-state index contributed by atoms with van der Waals surface area (Å²) in [5.41, 5.74) is 1.41. The number of ketones is 1. The second-order valence-corrected chi connectivity index (χ2v) is 7.63. The van der Waals surface area contributed by atoms with Crippen molar-refractivity contribution >= 4 is 51.5 Å². The Morgan fingerprint density at radius 3 is 2.35 bits per heavy atom. The van der Waals surface area contributed by atoms with Gasteiger partial charge in [0.05, 0.1) is 28.8 Å². The van der Waals surface area contributed by atoms with E-state index in [9.17, 15) is 14.4 Å². The van der Waals surface area contributed by atoms with E-state index in [1.807, 2.05) is 6.07 Å². The molecule has 0 atom stereocenters. The maximum absolute atomic E-state index is 12.7. The molecule has 31 heavy (non-hydrogen) atoms. The fourth-order valence-corrected chi connectivity index (χ4v) is 3.63. The van der Waals surface area contributed by atoms with Crippen molar-refractivity contribution in [2.24, 2.45) is 0 Å². The fourth-order valence-electron chi connectivity index (χ4n) is 3.09. The van der Waals surface area contributed by atoms with Crippen molar-refractivity contribution in [2.45, 2.75) is 6.54 Å². The summed E-state index contributed by atoms with van der Waals surface area (Å²) in [5.74, 6) is -0.525. The van der Waals surface area contributed by atoms with Crippen LogP contribution in [0.4, 0.5) is 5.69 Å². The smallest absolute Gasteiger partial charge is 0.261 e. The molecule has 4 aromatic rings. The number of nitrogens with one attached hydrogen (secondary N) is 1. The van der Waals surface area contributed by atoms with Crippen LogP contribution in [0.25, 0.3) is 10.9 Å². The van der Waals surface area contributed by atoms with Gasteiger partial charge in [0.1, 0.15) is 0 Å². The van der Waals surface area contributed by atoms with Crippen LogP contribution in [0, 0.1) is 0 Å². The number of Topliss-reactive ketones (excluding diaryl/α,β-unsaturated/α-hetero) is 1. The molecule has 1 N–H and O–H groups in total. The Labute approximate surface area is 187 Å². The first-order valence-electron chi connectivity index (χ1n) is 9.26. The van der Waals surface area contributed by atoms with Gasteiger partial charge >= 0.3 is 0 Å². The van der Waals surface area contributed by atoms with Gasteiger partial charge in [-0.15, -0.1) is 0 Å². The molecule has 0 saturated heterocycles. The minimum atomic E-state index is -0.408. The summed E-state index contributed by atoms with van der Waals surface area (Å²) < 4.78 is 1.21. The van der Waals surface area contributed by atoms with Crippen molar-refractivity contribution in [2.75, 3.05) is 5.32 Å². The average molecular weight is 452 g/mol. The first-order chi connectivity index (χ1) is 14.9. The molecule has 154 valence electrons. The number of halogens is 2. The molecule has 0 spiro atoms. The lowest BCUT2D eigenvalue weighted by Gasteiger charge is -2.09. The quantitative estimate of drug-likeness (QED) is 0.440. The second kappa shape index (κ2) is 8.71. The standard InChI is InChI=1S/C23H15Cl2N3O3/c24-16-10-18-21(19(25)11-16)26-13-28(23(18)31)12-20(29)14-6-8-17(9-7-14)27-22(30)15-4-2-1-3-5-15/h1-11,13H,12H2,(H,27,30). The van der Waals surface area contributed by atoms with E-state index in [2.05, 4.69) is 10.3 Å². The largest absolute Gasteiger partial charge is 0.322 e. The van der Waals surface area contributed by atoms with E-state index >= 15 is 0 Å². The SMILES string of the molecule is O=C(Cn1cnc2c(Cl)cc(Cl)cc2c1=O)c1ccc(NC(=O)c2ccccc2)cc1. The second-order valence-electron chi connectivity index (χ2n) is 6.78. The minimum Gasteiger partial charge on any atom is -0.322 e. The van der Waals surface area contributed by atoms with E-state index < -0.39 is 5.56 Å². The normalized spacial score (nSPS) is 10.8. The highest BCUT2D eigenvalue weighted by atomic mass is 35.5. The topological polar surface area (TPSA) is 81.1 Å². The highest BCUT2D eigenvalue weighted by Crippen LogP contribution is 2.24. The molecule has 1 aromatic heterocycles. The number of aromatic nitrogens is 2. The van der Waals surface area contributed by atoms with Crippen LogP contribution < -0.4 is 10.9 Å². The number of nitrogens with zero attached hydrogens (tertiary/aromatic N) is 2. The molecule has 1 amide bonds. The van der Waals surface area contributed by atoms with E-state index in [1.165, 1.54) is 23.0 Å². The molecule has 0 fully saturated rings. The summed E-state index contributed by atoms with van der Waals surface area (Å²) in [5, 5.41) is 3.60. The van der Waals surface area contributed by atoms with Crippen LogP contribution in [-0.2, 0) is 6.54 Å². The molecule has 0 saturated carbocycles. The Hall–Kier alpha value is -3.48. The highest BCUT2D eigenvalue weighted by molar-refractivity contribution is 6.38. The lowest BCUT2D eigenvalue weighted by atomic mass is 10.1. The maximum Gasteiger partial charge on any atom is 0.261 e. The molecule has 0 aliphatic heterocycles. The average Bonchev–Trinajstić information content (AvgIpc) is 2.77. The number of rotatable bonds is 5. The van der Waals surface area contributed by atoms with Crippen LogP contribution in [0.5, 0.6) is 0 Å². The summed E-state index contributed by atoms with van der Waals surface area (Å²) >= 11 is 12.1. The van der Waals surface area contributed by atoms with Gasteiger partial charge in [0.25, 0.3) is 11.5 Å². The van der Waals surface area contributed by atoms with E-state index in [0.29, 0.717) is 27.4 Å². The number of hydrogen-bond acceptors (Lipinski definition) is 4. The molecule has 0 aliphatic rings. The van der Waals surface area contributed by atoms with Crippen molar-refractivity contribution < 1.29 is 9.59 Å². The molecule has 8 heteroatoms. The number of hydrogen-bond donors (Lipinski definition) is 1. The van der Waals surface area contributed by atoms with Gasteiger partial charge in [0, 0.05) is 21.8 Å². The molecule has 4 rings (SSSR count). The van der Waals surface area contributed by atoms with Crippen molar-refractivity contribution in [1.29, 1.82) is 0 Å². The van der Waals surface area contributed by atoms with Crippen molar-refractivity contribution in [3.63, 3.8) is 0 Å². The molecule has 3 aromatic carbocycles. The zero-order chi connectivity index (χ0) is 22.0. The van der Waals surface area contributed by atoms with Gasteiger partial charge in [-0.3, -0.25) is 19.0 Å². The zero-order valence-electron chi connectivity index (χ0n) is 16.0. The van der Waals surface area contributed by atoms with Gasteiger partial charge in [-0.1, -0.05) is 41.4 Å². The molecule has 6 nitrogen and oxygen atoms in total. The van der Waals surface area contributed by atoms with Crippen molar-refractivity contribution in [3.05, 3.63) is 105 Å². The van der Waals surface area contributed by atoms with Gasteiger partial charge in [0.15, 0.2) is 5.78 Å². The van der Waals surface area contributed by atoms with Crippen LogP contribution in [0.2, 0.25) is 10.0 Å². The van der Waals surface area contributed by atoms with Gasteiger partial charge in [-0.2, -0.15) is 0 Å². The van der Waals surface area contributed by atoms with Crippen LogP contribution >= 0.6 is 23.2 Å². The molecule has 0 bridgehead atoms. The summed E-state index contributed by atoms with van der Waals surface area (Å²) in [7, 11) is 0. The number of carbonyl (C=O) groups excluding carboxylic acids is 2. The zero-order valence-corrected chi connectivity index (χ0v) is 17.5. The van der Waals surface area contributed by atoms with Gasteiger partial charge < -0.3 is 5.32 Å². The predicted octanol–water partition coefficient (Wildman–Crippen LogP) is 4.84. The molecule has 0 aliphatic carbocycles. The van der Waals surface area contributed by atoms with Crippen LogP contribution in [0.15, 0.2) is 77.9 Å². The number of benzene rings is 3. The van der Waals surface area contributed by atoms with Gasteiger partial charge in [0.2, 0.25) is 0 Å². The Morgan fingerprint density at radius 1 is 0.935 bits per heavy atom. The first-order valence-corrected chi connectivity index (χ1v) is 10.0. The molecular weight excluding hydrogens is 437 g/mol. The third-order valence-corrected chi connectivity index (χ3v) is 5.17. The fraction of sp³-hybridized carbons (Fsp3) is 0.0435. The third kappa shape index (κ3) is 4.50. The molecule has 0 unspecified atom stereocenters. The molecule has 0 radical (unpaired) electrons. The molecule has 1 heterocycles. The van der Waals surface area contributed by atoms with Crippen LogP contribution in [0.1, 0.15) is 20.7 Å². The van der Waals surface area contributed by atoms with E-state index in [-0.39, 0.29) is 28.6 Å².